The third-order valence-corrected chi connectivity index (χ3v) is 3.28. The minimum atomic E-state index is -0.337. The van der Waals surface area contributed by atoms with Crippen molar-refractivity contribution in [3.05, 3.63) is 0 Å². The van der Waals surface area contributed by atoms with Gasteiger partial charge in [0, 0.05) is 11.3 Å². The Kier molecular flexibility index (Phi) is 2.59. The number of nitrogens with two attached hydrogens (primary N) is 1. The van der Waals surface area contributed by atoms with Crippen LogP contribution in [0.4, 0.5) is 0 Å². The van der Waals surface area contributed by atoms with E-state index in [-0.39, 0.29) is 17.2 Å². The van der Waals surface area contributed by atoms with E-state index in [9.17, 15) is 0 Å². The molecule has 1 aliphatic rings. The number of nitrogens with one attached hydrogen (secondary N) is 1. The maximum atomic E-state index is 8.68. The molecule has 0 bridgehead atoms. The van der Waals surface area contributed by atoms with Gasteiger partial charge in [0.25, 0.3) is 0 Å². The van der Waals surface area contributed by atoms with E-state index < -0.39 is 0 Å². The van der Waals surface area contributed by atoms with Crippen molar-refractivity contribution >= 4 is 12.1 Å². The predicted molar refractivity (Wildman–Crippen MR) is 52.2 cm³/mol. The largest absolute Gasteiger partial charge is 0.409 e. The molecular weight excluding hydrogens is 166 g/mol. The minimum absolute atomic E-state index is 0.0240. The maximum Gasteiger partial charge on any atom is 0.146 e. The molecule has 74 valence electrons. The Morgan fingerprint density at radius 3 is 2.62 bits per heavy atom. The summed E-state index contributed by atoms with van der Waals surface area (Å²) < 4.78 is 0. The number of oxime groups is 1. The molecule has 0 aliphatic heterocycles. The monoisotopic (exact) mass is 183 g/mol. The summed E-state index contributed by atoms with van der Waals surface area (Å²) in [6, 6.07) is 0. The van der Waals surface area contributed by atoms with Gasteiger partial charge < -0.3 is 16.4 Å². The van der Waals surface area contributed by atoms with E-state index in [2.05, 4.69) is 5.16 Å². The van der Waals surface area contributed by atoms with Gasteiger partial charge in [-0.15, -0.1) is 0 Å². The van der Waals surface area contributed by atoms with E-state index in [0.29, 0.717) is 5.92 Å². The van der Waals surface area contributed by atoms with Gasteiger partial charge in [-0.2, -0.15) is 0 Å². The van der Waals surface area contributed by atoms with E-state index in [1.54, 1.807) is 0 Å². The minimum Gasteiger partial charge on any atom is -0.409 e. The Morgan fingerprint density at radius 2 is 2.31 bits per heavy atom. The van der Waals surface area contributed by atoms with Crippen molar-refractivity contribution in [1.82, 2.24) is 0 Å². The molecule has 1 aliphatic carbocycles. The van der Waals surface area contributed by atoms with Gasteiger partial charge >= 0.3 is 0 Å². The van der Waals surface area contributed by atoms with Gasteiger partial charge in [0.1, 0.15) is 5.84 Å². The molecule has 0 saturated heterocycles. The summed E-state index contributed by atoms with van der Waals surface area (Å²) in [5.41, 5.74) is 5.33. The van der Waals surface area contributed by atoms with Crippen LogP contribution in [0.25, 0.3) is 0 Å². The maximum absolute atomic E-state index is 8.68. The summed E-state index contributed by atoms with van der Waals surface area (Å²) in [7, 11) is 0. The summed E-state index contributed by atoms with van der Waals surface area (Å²) in [6.45, 7) is 3.90. The van der Waals surface area contributed by atoms with Crippen LogP contribution in [-0.4, -0.2) is 17.3 Å². The Morgan fingerprint density at radius 1 is 1.77 bits per heavy atom. The van der Waals surface area contributed by atoms with Crippen molar-refractivity contribution in [2.75, 3.05) is 0 Å². The van der Waals surface area contributed by atoms with E-state index in [4.69, 9.17) is 16.4 Å². The standard InChI is InChI=1S/C9H17N3O/c1-6(5-10)9(2,7-3-4-7)8(11)12-13/h5-7,10,13H,3-4H2,1-2H3,(H2,11,12). The lowest BCUT2D eigenvalue weighted by molar-refractivity contribution is 0.279. The third-order valence-electron chi connectivity index (χ3n) is 3.28. The second-order valence-corrected chi connectivity index (χ2v) is 4.00. The zero-order valence-corrected chi connectivity index (χ0v) is 8.12. The van der Waals surface area contributed by atoms with Gasteiger partial charge in [0.15, 0.2) is 0 Å². The Balaban J connectivity index is 2.92. The van der Waals surface area contributed by atoms with Gasteiger partial charge in [-0.25, -0.2) is 0 Å². The third kappa shape index (κ3) is 1.53. The molecule has 0 heterocycles. The zero-order chi connectivity index (χ0) is 10.1. The van der Waals surface area contributed by atoms with Crippen molar-refractivity contribution in [2.24, 2.45) is 28.1 Å². The first-order chi connectivity index (χ1) is 6.07. The fourth-order valence-corrected chi connectivity index (χ4v) is 1.78. The second-order valence-electron chi connectivity index (χ2n) is 4.00. The van der Waals surface area contributed by atoms with Crippen LogP contribution in [0.1, 0.15) is 26.7 Å². The van der Waals surface area contributed by atoms with Crippen LogP contribution in [0.5, 0.6) is 0 Å². The number of hydrogen-bond donors (Lipinski definition) is 3. The molecule has 0 spiro atoms. The molecule has 0 amide bonds. The van der Waals surface area contributed by atoms with E-state index in [1.807, 2.05) is 13.8 Å². The fourth-order valence-electron chi connectivity index (χ4n) is 1.78. The molecule has 2 unspecified atom stereocenters. The Labute approximate surface area is 78.3 Å². The summed E-state index contributed by atoms with van der Waals surface area (Å²) in [5.74, 6) is 0.752. The van der Waals surface area contributed by atoms with E-state index in [1.165, 1.54) is 6.21 Å². The molecule has 0 aromatic rings. The summed E-state index contributed by atoms with van der Waals surface area (Å²) >= 11 is 0. The average molecular weight is 183 g/mol. The Hall–Kier alpha value is -1.06. The highest BCUT2D eigenvalue weighted by molar-refractivity contribution is 5.89. The smallest absolute Gasteiger partial charge is 0.146 e. The molecule has 1 fully saturated rings. The lowest BCUT2D eigenvalue weighted by Gasteiger charge is -2.32. The van der Waals surface area contributed by atoms with Gasteiger partial charge in [-0.05, 0) is 25.0 Å². The SMILES string of the molecule is CC(C=N)C(C)(C(N)=NO)C1CC1. The van der Waals surface area contributed by atoms with Crippen LogP contribution in [0.3, 0.4) is 0 Å². The molecular formula is C9H17N3O. The summed E-state index contributed by atoms with van der Waals surface area (Å²) in [6.07, 6.45) is 3.60. The number of hydrogen-bond acceptors (Lipinski definition) is 3. The molecule has 0 aromatic heterocycles. The van der Waals surface area contributed by atoms with Crippen molar-refractivity contribution in [2.45, 2.75) is 26.7 Å². The number of nitrogens with zero attached hydrogens (tertiary/aromatic N) is 1. The zero-order valence-electron chi connectivity index (χ0n) is 8.12. The first-order valence-electron chi connectivity index (χ1n) is 4.56. The normalized spacial score (nSPS) is 24.9. The molecule has 0 aromatic carbocycles. The van der Waals surface area contributed by atoms with Crippen molar-refractivity contribution in [3.8, 4) is 0 Å². The summed E-state index contributed by atoms with van der Waals surface area (Å²) in [5, 5.41) is 19.0. The quantitative estimate of drug-likeness (QED) is 0.267. The number of rotatable bonds is 4. The highest BCUT2D eigenvalue weighted by Gasteiger charge is 2.47. The molecule has 2 atom stereocenters. The highest BCUT2D eigenvalue weighted by atomic mass is 16.4. The number of amidine groups is 1. The molecule has 13 heavy (non-hydrogen) atoms. The molecule has 1 saturated carbocycles. The topological polar surface area (TPSA) is 82.5 Å². The lowest BCUT2D eigenvalue weighted by atomic mass is 9.73. The average Bonchev–Trinajstić information content (AvgIpc) is 2.97. The molecule has 4 N–H and O–H groups in total. The van der Waals surface area contributed by atoms with Crippen molar-refractivity contribution in [3.63, 3.8) is 0 Å². The fraction of sp³-hybridized carbons (Fsp3) is 0.778. The van der Waals surface area contributed by atoms with Crippen LogP contribution in [0.2, 0.25) is 0 Å². The summed E-state index contributed by atoms with van der Waals surface area (Å²) in [4.78, 5) is 0. The van der Waals surface area contributed by atoms with Crippen LogP contribution in [-0.2, 0) is 0 Å². The van der Waals surface area contributed by atoms with Crippen molar-refractivity contribution in [1.29, 1.82) is 5.41 Å². The molecule has 1 rings (SSSR count). The van der Waals surface area contributed by atoms with Gasteiger partial charge in [0.05, 0.1) is 0 Å². The van der Waals surface area contributed by atoms with Gasteiger partial charge in [0.2, 0.25) is 0 Å². The molecule has 4 heteroatoms. The van der Waals surface area contributed by atoms with Crippen LogP contribution in [0.15, 0.2) is 5.16 Å². The molecule has 0 radical (unpaired) electrons. The lowest BCUT2D eigenvalue weighted by Crippen LogP contribution is -2.42. The van der Waals surface area contributed by atoms with E-state index >= 15 is 0 Å². The first-order valence-corrected chi connectivity index (χ1v) is 4.56. The van der Waals surface area contributed by atoms with Crippen molar-refractivity contribution < 1.29 is 5.21 Å². The predicted octanol–water partition coefficient (Wildman–Crippen LogP) is 1.43. The van der Waals surface area contributed by atoms with Crippen LogP contribution >= 0.6 is 0 Å². The van der Waals surface area contributed by atoms with Crippen LogP contribution in [0, 0.1) is 22.7 Å². The highest BCUT2D eigenvalue weighted by Crippen LogP contribution is 2.49. The van der Waals surface area contributed by atoms with E-state index in [0.717, 1.165) is 12.8 Å². The Bertz CT molecular complexity index is 235. The van der Waals surface area contributed by atoms with Crippen LogP contribution < -0.4 is 5.73 Å². The second kappa shape index (κ2) is 3.36. The van der Waals surface area contributed by atoms with Gasteiger partial charge in [-0.1, -0.05) is 19.0 Å². The van der Waals surface area contributed by atoms with Gasteiger partial charge in [-0.3, -0.25) is 0 Å². The molecule has 4 nitrogen and oxygen atoms in total. The first kappa shape index (κ1) is 10.0.